The molecule has 0 saturated carbocycles. The van der Waals surface area contributed by atoms with E-state index in [4.69, 9.17) is 37.4 Å². The Balaban J connectivity index is 2.13. The topological polar surface area (TPSA) is 39.7 Å². The van der Waals surface area contributed by atoms with Crippen LogP contribution in [0.15, 0.2) is 12.1 Å². The highest BCUT2D eigenvalue weighted by atomic mass is 35.5. The minimum atomic E-state index is -0.277. The van der Waals surface area contributed by atoms with E-state index < -0.39 is 0 Å². The summed E-state index contributed by atoms with van der Waals surface area (Å²) in [5.41, 5.74) is 0.981. The first-order valence-corrected chi connectivity index (χ1v) is 6.82. The summed E-state index contributed by atoms with van der Waals surface area (Å²) in [5, 5.41) is 4.54. The Labute approximate surface area is 122 Å². The summed E-state index contributed by atoms with van der Waals surface area (Å²) >= 11 is 12.2. The molecular formula is C13H17Cl2NO3. The van der Waals surface area contributed by atoms with Gasteiger partial charge in [0.05, 0.1) is 11.6 Å². The van der Waals surface area contributed by atoms with E-state index in [-0.39, 0.29) is 12.3 Å². The number of fused-ring (bicyclic) bond motifs is 1. The summed E-state index contributed by atoms with van der Waals surface area (Å²) in [7, 11) is 3.23. The number of hydrogen-bond acceptors (Lipinski definition) is 4. The second-order valence-electron chi connectivity index (χ2n) is 4.30. The summed E-state index contributed by atoms with van der Waals surface area (Å²) in [6.07, 6.45) is 0.574. The van der Waals surface area contributed by atoms with Gasteiger partial charge in [0, 0.05) is 43.8 Å². The van der Waals surface area contributed by atoms with Crippen molar-refractivity contribution in [2.75, 3.05) is 27.4 Å². The number of nitrogens with one attached hydrogen (secondary N) is 1. The predicted octanol–water partition coefficient (Wildman–Crippen LogP) is 3.03. The second kappa shape index (κ2) is 6.77. The lowest BCUT2D eigenvalue weighted by Gasteiger charge is -2.28. The van der Waals surface area contributed by atoms with Crippen molar-refractivity contribution in [3.8, 4) is 5.75 Å². The molecule has 1 atom stereocenters. The first-order valence-electron chi connectivity index (χ1n) is 6.06. The fourth-order valence-electron chi connectivity index (χ4n) is 2.14. The molecule has 1 aromatic carbocycles. The maximum atomic E-state index is 6.14. The molecule has 0 fully saturated rings. The quantitative estimate of drug-likeness (QED) is 0.849. The largest absolute Gasteiger partial charge is 0.492 e. The van der Waals surface area contributed by atoms with Crippen LogP contribution in [-0.2, 0) is 9.47 Å². The van der Waals surface area contributed by atoms with Gasteiger partial charge in [-0.1, -0.05) is 23.2 Å². The van der Waals surface area contributed by atoms with E-state index in [1.165, 1.54) is 0 Å². The Morgan fingerprint density at radius 1 is 1.37 bits per heavy atom. The van der Waals surface area contributed by atoms with Gasteiger partial charge in [0.2, 0.25) is 0 Å². The molecule has 0 radical (unpaired) electrons. The van der Waals surface area contributed by atoms with Crippen molar-refractivity contribution in [1.82, 2.24) is 5.32 Å². The molecule has 0 spiro atoms. The van der Waals surface area contributed by atoms with Gasteiger partial charge in [0.1, 0.15) is 5.75 Å². The molecule has 0 amide bonds. The van der Waals surface area contributed by atoms with Crippen LogP contribution < -0.4 is 10.1 Å². The van der Waals surface area contributed by atoms with Crippen molar-refractivity contribution in [2.24, 2.45) is 0 Å². The molecule has 0 aliphatic carbocycles. The molecule has 2 rings (SSSR count). The molecule has 19 heavy (non-hydrogen) atoms. The van der Waals surface area contributed by atoms with Crippen LogP contribution >= 0.6 is 23.2 Å². The van der Waals surface area contributed by atoms with Gasteiger partial charge in [-0.3, -0.25) is 0 Å². The highest BCUT2D eigenvalue weighted by molar-refractivity contribution is 6.35. The lowest BCUT2D eigenvalue weighted by molar-refractivity contribution is -0.100. The Morgan fingerprint density at radius 2 is 2.11 bits per heavy atom. The summed E-state index contributed by atoms with van der Waals surface area (Å²) in [5.74, 6) is 0.709. The number of ether oxygens (including phenoxy) is 3. The molecule has 0 saturated heterocycles. The Kier molecular flexibility index (Phi) is 5.30. The zero-order valence-corrected chi connectivity index (χ0v) is 12.4. The van der Waals surface area contributed by atoms with Crippen molar-refractivity contribution < 1.29 is 14.2 Å². The molecular weight excluding hydrogens is 289 g/mol. The Bertz CT molecular complexity index is 438. The van der Waals surface area contributed by atoms with Crippen LogP contribution in [0.4, 0.5) is 0 Å². The Hall–Kier alpha value is -0.520. The van der Waals surface area contributed by atoms with E-state index in [2.05, 4.69) is 5.32 Å². The van der Waals surface area contributed by atoms with Crippen LogP contribution in [0, 0.1) is 0 Å². The van der Waals surface area contributed by atoms with Gasteiger partial charge >= 0.3 is 0 Å². The van der Waals surface area contributed by atoms with E-state index in [1.807, 2.05) is 6.07 Å². The van der Waals surface area contributed by atoms with Crippen LogP contribution in [0.3, 0.4) is 0 Å². The van der Waals surface area contributed by atoms with Gasteiger partial charge in [0.15, 0.2) is 6.29 Å². The Morgan fingerprint density at radius 3 is 2.79 bits per heavy atom. The molecule has 0 bridgehead atoms. The van der Waals surface area contributed by atoms with Gasteiger partial charge in [-0.25, -0.2) is 0 Å². The lowest BCUT2D eigenvalue weighted by Crippen LogP contribution is -2.35. The fraction of sp³-hybridized carbons (Fsp3) is 0.538. The van der Waals surface area contributed by atoms with Crippen LogP contribution in [0.1, 0.15) is 18.0 Å². The van der Waals surface area contributed by atoms with Crippen LogP contribution in [-0.4, -0.2) is 33.7 Å². The van der Waals surface area contributed by atoms with Gasteiger partial charge < -0.3 is 19.5 Å². The third-order valence-electron chi connectivity index (χ3n) is 3.12. The van der Waals surface area contributed by atoms with Gasteiger partial charge in [-0.05, 0) is 12.1 Å². The number of hydrogen-bond donors (Lipinski definition) is 1. The van der Waals surface area contributed by atoms with E-state index in [9.17, 15) is 0 Å². The van der Waals surface area contributed by atoms with E-state index >= 15 is 0 Å². The number of halogens is 2. The number of methoxy groups -OCH3 is 2. The molecule has 1 heterocycles. The lowest BCUT2D eigenvalue weighted by atomic mass is 10.0. The van der Waals surface area contributed by atoms with Crippen molar-refractivity contribution in [3.63, 3.8) is 0 Å². The average Bonchev–Trinajstić information content (AvgIpc) is 2.40. The summed E-state index contributed by atoms with van der Waals surface area (Å²) in [6.45, 7) is 1.21. The zero-order chi connectivity index (χ0) is 13.8. The normalized spacial score (nSPS) is 18.3. The van der Waals surface area contributed by atoms with Gasteiger partial charge in [-0.15, -0.1) is 0 Å². The second-order valence-corrected chi connectivity index (χ2v) is 5.15. The number of rotatable bonds is 5. The van der Waals surface area contributed by atoms with Gasteiger partial charge in [0.25, 0.3) is 0 Å². The molecule has 106 valence electrons. The molecule has 1 aromatic rings. The first kappa shape index (κ1) is 14.9. The van der Waals surface area contributed by atoms with Crippen LogP contribution in [0.2, 0.25) is 10.0 Å². The first-order chi connectivity index (χ1) is 9.15. The molecule has 1 aliphatic rings. The molecule has 1 unspecified atom stereocenters. The van der Waals surface area contributed by atoms with Crippen LogP contribution in [0.5, 0.6) is 5.75 Å². The van der Waals surface area contributed by atoms with E-state index in [1.54, 1.807) is 20.3 Å². The SMILES string of the molecule is COC(CNC1CCOc2c(Cl)cc(Cl)cc21)OC. The molecule has 0 aromatic heterocycles. The maximum absolute atomic E-state index is 6.14. The van der Waals surface area contributed by atoms with Crippen molar-refractivity contribution in [1.29, 1.82) is 0 Å². The van der Waals surface area contributed by atoms with Gasteiger partial charge in [-0.2, -0.15) is 0 Å². The van der Waals surface area contributed by atoms with Crippen molar-refractivity contribution in [3.05, 3.63) is 27.7 Å². The summed E-state index contributed by atoms with van der Waals surface area (Å²) in [4.78, 5) is 0. The zero-order valence-electron chi connectivity index (χ0n) is 10.9. The minimum absolute atomic E-state index is 0.132. The third kappa shape index (κ3) is 3.52. The highest BCUT2D eigenvalue weighted by Gasteiger charge is 2.24. The van der Waals surface area contributed by atoms with E-state index in [0.29, 0.717) is 28.9 Å². The average molecular weight is 306 g/mol. The monoisotopic (exact) mass is 305 g/mol. The minimum Gasteiger partial charge on any atom is -0.492 e. The van der Waals surface area contributed by atoms with Crippen molar-refractivity contribution >= 4 is 23.2 Å². The molecule has 6 heteroatoms. The van der Waals surface area contributed by atoms with Crippen LogP contribution in [0.25, 0.3) is 0 Å². The summed E-state index contributed by atoms with van der Waals surface area (Å²) in [6, 6.07) is 3.71. The standard InChI is InChI=1S/C13H17Cl2NO3/c1-17-12(18-2)7-16-11-3-4-19-13-9(11)5-8(14)6-10(13)15/h5-6,11-12,16H,3-4,7H2,1-2H3. The highest BCUT2D eigenvalue weighted by Crippen LogP contribution is 2.39. The van der Waals surface area contributed by atoms with Crippen molar-refractivity contribution in [2.45, 2.75) is 18.8 Å². The smallest absolute Gasteiger partial charge is 0.169 e. The maximum Gasteiger partial charge on any atom is 0.169 e. The number of benzene rings is 1. The molecule has 1 aliphatic heterocycles. The third-order valence-corrected chi connectivity index (χ3v) is 3.62. The molecule has 4 nitrogen and oxygen atoms in total. The van der Waals surface area contributed by atoms with E-state index in [0.717, 1.165) is 12.0 Å². The predicted molar refractivity (Wildman–Crippen MR) is 75.1 cm³/mol. The summed E-state index contributed by atoms with van der Waals surface area (Å²) < 4.78 is 15.9. The molecule has 1 N–H and O–H groups in total. The fourth-order valence-corrected chi connectivity index (χ4v) is 2.70.